The van der Waals surface area contributed by atoms with Gasteiger partial charge in [-0.3, -0.25) is 10.1 Å². The smallest absolute Gasteiger partial charge is 0.396 e. The van der Waals surface area contributed by atoms with Crippen LogP contribution in [0.5, 0.6) is 0 Å². The van der Waals surface area contributed by atoms with Crippen LogP contribution in [0.4, 0.5) is 30.6 Å². The van der Waals surface area contributed by atoms with Crippen molar-refractivity contribution < 1.29 is 23.2 Å². The van der Waals surface area contributed by atoms with Crippen LogP contribution in [-0.2, 0) is 12.7 Å². The van der Waals surface area contributed by atoms with Crippen LogP contribution in [0.3, 0.4) is 0 Å². The van der Waals surface area contributed by atoms with Crippen LogP contribution in [0.25, 0.3) is 0 Å². The number of halogens is 3. The number of nitrogens with zero attached hydrogens (tertiary/aromatic N) is 3. The number of nitrogens with one attached hydrogen (secondary N) is 2. The number of rotatable bonds is 8. The largest absolute Gasteiger partial charge is 0.433 e. The Kier molecular flexibility index (Phi) is 6.28. The fourth-order valence-electron chi connectivity index (χ4n) is 2.01. The first-order valence-corrected chi connectivity index (χ1v) is 7.58. The van der Waals surface area contributed by atoms with Crippen molar-refractivity contribution in [3.05, 3.63) is 51.7 Å². The van der Waals surface area contributed by atoms with E-state index < -0.39 is 16.8 Å². The molecule has 3 N–H and O–H groups in total. The number of nitro benzene ring substituents is 1. The lowest BCUT2D eigenvalue weighted by atomic mass is 10.2. The Morgan fingerprint density at radius 1 is 1.19 bits per heavy atom. The first-order valence-electron chi connectivity index (χ1n) is 7.58. The van der Waals surface area contributed by atoms with Gasteiger partial charge in [0.05, 0.1) is 4.92 Å². The Hall–Kier alpha value is -2.95. The maximum absolute atomic E-state index is 13.0. The lowest BCUT2D eigenvalue weighted by Gasteiger charge is -2.12. The van der Waals surface area contributed by atoms with E-state index in [0.29, 0.717) is 12.0 Å². The Morgan fingerprint density at radius 2 is 1.96 bits per heavy atom. The van der Waals surface area contributed by atoms with Crippen molar-refractivity contribution in [1.82, 2.24) is 9.97 Å². The molecule has 0 fully saturated rings. The SMILES string of the molecule is O=[N+]([O-])c1cccc(CNc2cc(C(F)(F)F)nc(NCCCO)n2)c1. The standard InChI is InChI=1S/C15H16F3N5O3/c16-15(17,18)12-8-13(22-14(21-12)19-5-2-6-24)20-9-10-3-1-4-11(7-10)23(25)26/h1,3-4,7-8,24H,2,5-6,9H2,(H2,19,20,21,22). The molecule has 1 aromatic heterocycles. The van der Waals surface area contributed by atoms with E-state index in [-0.39, 0.29) is 37.1 Å². The molecule has 1 aromatic carbocycles. The third kappa shape index (κ3) is 5.55. The summed E-state index contributed by atoms with van der Waals surface area (Å²) >= 11 is 0. The van der Waals surface area contributed by atoms with Crippen molar-refractivity contribution in [2.24, 2.45) is 0 Å². The van der Waals surface area contributed by atoms with Gasteiger partial charge in [-0.25, -0.2) is 4.98 Å². The third-order valence-electron chi connectivity index (χ3n) is 3.23. The van der Waals surface area contributed by atoms with Gasteiger partial charge in [-0.15, -0.1) is 0 Å². The number of aliphatic hydroxyl groups is 1. The first kappa shape index (κ1) is 19.4. The number of benzene rings is 1. The Bertz CT molecular complexity index is 770. The Labute approximate surface area is 146 Å². The highest BCUT2D eigenvalue weighted by molar-refractivity contribution is 5.44. The van der Waals surface area contributed by atoms with Crippen molar-refractivity contribution in [1.29, 1.82) is 0 Å². The zero-order valence-corrected chi connectivity index (χ0v) is 13.5. The lowest BCUT2D eigenvalue weighted by Crippen LogP contribution is -2.15. The fraction of sp³-hybridized carbons (Fsp3) is 0.333. The molecular weight excluding hydrogens is 355 g/mol. The molecular formula is C15H16F3N5O3. The molecule has 8 nitrogen and oxygen atoms in total. The van der Waals surface area contributed by atoms with E-state index in [0.717, 1.165) is 6.07 Å². The molecule has 2 rings (SSSR count). The number of aromatic nitrogens is 2. The van der Waals surface area contributed by atoms with Crippen LogP contribution >= 0.6 is 0 Å². The predicted molar refractivity (Wildman–Crippen MR) is 87.6 cm³/mol. The quantitative estimate of drug-likeness (QED) is 0.371. The number of anilines is 2. The van der Waals surface area contributed by atoms with Gasteiger partial charge in [0.1, 0.15) is 5.82 Å². The summed E-state index contributed by atoms with van der Waals surface area (Å²) in [5, 5.41) is 24.8. The number of hydrogen-bond acceptors (Lipinski definition) is 7. The molecule has 140 valence electrons. The number of aliphatic hydroxyl groups excluding tert-OH is 1. The molecule has 0 bridgehead atoms. The number of non-ortho nitro benzene ring substituents is 1. The zero-order valence-electron chi connectivity index (χ0n) is 13.5. The van der Waals surface area contributed by atoms with E-state index in [9.17, 15) is 23.3 Å². The van der Waals surface area contributed by atoms with Crippen LogP contribution in [-0.4, -0.2) is 33.1 Å². The summed E-state index contributed by atoms with van der Waals surface area (Å²) in [7, 11) is 0. The Balaban J connectivity index is 2.17. The summed E-state index contributed by atoms with van der Waals surface area (Å²) in [6.07, 6.45) is -4.33. The van der Waals surface area contributed by atoms with Crippen molar-refractivity contribution in [3.8, 4) is 0 Å². The van der Waals surface area contributed by atoms with Gasteiger partial charge in [-0.1, -0.05) is 12.1 Å². The van der Waals surface area contributed by atoms with Crippen LogP contribution in [0.1, 0.15) is 17.7 Å². The summed E-state index contributed by atoms with van der Waals surface area (Å²) in [4.78, 5) is 17.6. The van der Waals surface area contributed by atoms with Crippen LogP contribution in [0, 0.1) is 10.1 Å². The fourth-order valence-corrected chi connectivity index (χ4v) is 2.01. The highest BCUT2D eigenvalue weighted by atomic mass is 19.4. The van der Waals surface area contributed by atoms with Crippen LogP contribution in [0.15, 0.2) is 30.3 Å². The second-order valence-electron chi connectivity index (χ2n) is 5.24. The molecule has 2 aromatic rings. The lowest BCUT2D eigenvalue weighted by molar-refractivity contribution is -0.384. The highest BCUT2D eigenvalue weighted by Crippen LogP contribution is 2.29. The van der Waals surface area contributed by atoms with E-state index in [1.165, 1.54) is 18.2 Å². The van der Waals surface area contributed by atoms with E-state index >= 15 is 0 Å². The van der Waals surface area contributed by atoms with E-state index in [1.807, 2.05) is 0 Å². The summed E-state index contributed by atoms with van der Waals surface area (Å²) < 4.78 is 38.9. The van der Waals surface area contributed by atoms with Gasteiger partial charge in [0.15, 0.2) is 5.69 Å². The van der Waals surface area contributed by atoms with E-state index in [1.54, 1.807) is 6.07 Å². The van der Waals surface area contributed by atoms with Gasteiger partial charge in [-0.05, 0) is 12.0 Å². The molecule has 26 heavy (non-hydrogen) atoms. The molecule has 0 aliphatic carbocycles. The molecule has 11 heteroatoms. The molecule has 0 unspecified atom stereocenters. The average molecular weight is 371 g/mol. The van der Waals surface area contributed by atoms with Gasteiger partial charge < -0.3 is 15.7 Å². The Morgan fingerprint density at radius 3 is 2.62 bits per heavy atom. The third-order valence-corrected chi connectivity index (χ3v) is 3.23. The van der Waals surface area contributed by atoms with E-state index in [4.69, 9.17) is 5.11 Å². The minimum absolute atomic E-state index is 0.0477. The van der Waals surface area contributed by atoms with Crippen LogP contribution < -0.4 is 10.6 Å². The second-order valence-corrected chi connectivity index (χ2v) is 5.24. The number of alkyl halides is 3. The average Bonchev–Trinajstić information content (AvgIpc) is 2.59. The van der Waals surface area contributed by atoms with Crippen molar-refractivity contribution >= 4 is 17.5 Å². The molecule has 0 amide bonds. The maximum Gasteiger partial charge on any atom is 0.433 e. The number of hydrogen-bond donors (Lipinski definition) is 3. The molecule has 0 radical (unpaired) electrons. The number of nitro groups is 1. The van der Waals surface area contributed by atoms with E-state index in [2.05, 4.69) is 20.6 Å². The van der Waals surface area contributed by atoms with Gasteiger partial charge in [0.25, 0.3) is 5.69 Å². The van der Waals surface area contributed by atoms with Gasteiger partial charge >= 0.3 is 6.18 Å². The molecule has 1 heterocycles. The molecule has 0 aliphatic heterocycles. The van der Waals surface area contributed by atoms with Crippen molar-refractivity contribution in [2.45, 2.75) is 19.1 Å². The molecule has 0 aliphatic rings. The zero-order chi connectivity index (χ0) is 19.2. The second kappa shape index (κ2) is 8.43. The summed E-state index contributed by atoms with van der Waals surface area (Å²) in [6, 6.07) is 6.48. The monoisotopic (exact) mass is 371 g/mol. The predicted octanol–water partition coefficient (Wildman–Crippen LogP) is 2.81. The van der Waals surface area contributed by atoms with Crippen LogP contribution in [0.2, 0.25) is 0 Å². The maximum atomic E-state index is 13.0. The van der Waals surface area contributed by atoms with Gasteiger partial charge in [0, 0.05) is 37.9 Å². The van der Waals surface area contributed by atoms with Crippen molar-refractivity contribution in [3.63, 3.8) is 0 Å². The molecule has 0 saturated carbocycles. The molecule has 0 saturated heterocycles. The molecule has 0 atom stereocenters. The summed E-state index contributed by atoms with van der Waals surface area (Å²) in [6.45, 7) is 0.137. The first-order chi connectivity index (χ1) is 12.3. The topological polar surface area (TPSA) is 113 Å². The summed E-state index contributed by atoms with van der Waals surface area (Å²) in [5.41, 5.74) is -0.726. The van der Waals surface area contributed by atoms with Gasteiger partial charge in [0.2, 0.25) is 5.95 Å². The van der Waals surface area contributed by atoms with Gasteiger partial charge in [-0.2, -0.15) is 18.2 Å². The van der Waals surface area contributed by atoms with Crippen molar-refractivity contribution in [2.75, 3.05) is 23.8 Å². The minimum atomic E-state index is -4.65. The summed E-state index contributed by atoms with van der Waals surface area (Å²) in [5.74, 6) is -0.305. The normalized spacial score (nSPS) is 11.2. The molecule has 0 spiro atoms. The minimum Gasteiger partial charge on any atom is -0.396 e. The highest BCUT2D eigenvalue weighted by Gasteiger charge is 2.33.